The number of unbranched alkanes of at least 4 members (excludes halogenated alkanes) is 1. The van der Waals surface area contributed by atoms with Crippen molar-refractivity contribution in [1.29, 1.82) is 0 Å². The van der Waals surface area contributed by atoms with Gasteiger partial charge in [-0.3, -0.25) is 9.59 Å². The first-order chi connectivity index (χ1) is 18.9. The topological polar surface area (TPSA) is 106 Å². The minimum atomic E-state index is -1.08. The number of hydrogen-bond donors (Lipinski definition) is 1. The van der Waals surface area contributed by atoms with E-state index in [-0.39, 0.29) is 19.6 Å². The summed E-state index contributed by atoms with van der Waals surface area (Å²) in [4.78, 5) is 40.5. The highest BCUT2D eigenvalue weighted by Gasteiger charge is 2.45. The number of hydrogen-bond acceptors (Lipinski definition) is 7. The Morgan fingerprint density at radius 1 is 1.08 bits per heavy atom. The summed E-state index contributed by atoms with van der Waals surface area (Å²) < 4.78 is 17.9. The second-order valence-electron chi connectivity index (χ2n) is 9.56. The summed E-state index contributed by atoms with van der Waals surface area (Å²) >= 11 is 3.51. The zero-order valence-electron chi connectivity index (χ0n) is 21.8. The lowest BCUT2D eigenvalue weighted by Gasteiger charge is -2.29. The first kappa shape index (κ1) is 28.6. The van der Waals surface area contributed by atoms with Crippen LogP contribution in [0.15, 0.2) is 75.6 Å². The van der Waals surface area contributed by atoms with Crippen LogP contribution < -0.4 is 0 Å². The van der Waals surface area contributed by atoms with Gasteiger partial charge in [-0.1, -0.05) is 60.7 Å². The summed E-state index contributed by atoms with van der Waals surface area (Å²) in [5.74, 6) is -1.10. The van der Waals surface area contributed by atoms with Crippen LogP contribution in [0.25, 0.3) is 0 Å². The number of aliphatic hydroxyl groups excluding tert-OH is 1. The number of nitrogens with zero attached hydrogens (tertiary/aromatic N) is 1. The second kappa shape index (κ2) is 13.6. The summed E-state index contributed by atoms with van der Waals surface area (Å²) in [6.07, 6.45) is 0.726. The Labute approximate surface area is 236 Å². The molecular weight excluding hydrogens is 566 g/mol. The van der Waals surface area contributed by atoms with Gasteiger partial charge in [-0.05, 0) is 58.8 Å². The first-order valence-corrected chi connectivity index (χ1v) is 13.8. The van der Waals surface area contributed by atoms with Gasteiger partial charge in [0.2, 0.25) is 5.91 Å². The molecule has 0 bridgehead atoms. The first-order valence-electron chi connectivity index (χ1n) is 13.0. The van der Waals surface area contributed by atoms with E-state index in [1.165, 1.54) is 6.92 Å². The van der Waals surface area contributed by atoms with Crippen molar-refractivity contribution < 1.29 is 33.4 Å². The molecule has 0 unspecified atom stereocenters. The number of carbonyl (C=O) groups is 3. The molecule has 206 valence electrons. The average molecular weight is 598 g/mol. The van der Waals surface area contributed by atoms with Crippen LogP contribution in [-0.2, 0) is 38.3 Å². The normalized spacial score (nSPS) is 16.5. The summed E-state index contributed by atoms with van der Waals surface area (Å²) in [7, 11) is 0. The van der Waals surface area contributed by atoms with Crippen LogP contribution >= 0.6 is 15.9 Å². The summed E-state index contributed by atoms with van der Waals surface area (Å²) in [5.41, 5.74) is 1.81. The molecule has 0 saturated carbocycles. The molecule has 9 heteroatoms. The minimum absolute atomic E-state index is 0.0744. The molecule has 0 radical (unpaired) electrons. The molecule has 39 heavy (non-hydrogen) atoms. The molecule has 1 N–H and O–H groups in total. The number of imide groups is 1. The van der Waals surface area contributed by atoms with Crippen LogP contribution in [0, 0.1) is 5.92 Å². The van der Waals surface area contributed by atoms with Gasteiger partial charge in [0.25, 0.3) is 0 Å². The fourth-order valence-corrected chi connectivity index (χ4v) is 5.29. The highest BCUT2D eigenvalue weighted by atomic mass is 79.9. The number of ether oxygens (including phenoxy) is 2. The molecule has 0 aliphatic carbocycles. The predicted octanol–water partition coefficient (Wildman–Crippen LogP) is 5.41. The quantitative estimate of drug-likeness (QED) is 0.220. The van der Waals surface area contributed by atoms with Crippen molar-refractivity contribution in [3.63, 3.8) is 0 Å². The SMILES string of the molecule is CC(=O)O[C@@H](c1cc(Br)c(CCCCO)o1)[C@@H](Cc1ccccc1)C(=O)N1C(=O)OC[C@H]1Cc1ccccc1. The molecular formula is C30H32BrNO7. The number of furan rings is 1. The van der Waals surface area contributed by atoms with Gasteiger partial charge in [0, 0.05) is 20.0 Å². The maximum atomic E-state index is 14.2. The van der Waals surface area contributed by atoms with Crippen molar-refractivity contribution in [3.8, 4) is 0 Å². The average Bonchev–Trinajstić information content (AvgIpc) is 3.48. The van der Waals surface area contributed by atoms with Gasteiger partial charge < -0.3 is 19.0 Å². The number of aryl methyl sites for hydroxylation is 1. The zero-order valence-corrected chi connectivity index (χ0v) is 23.3. The van der Waals surface area contributed by atoms with Gasteiger partial charge in [-0.15, -0.1) is 0 Å². The van der Waals surface area contributed by atoms with Crippen molar-refractivity contribution in [2.45, 2.75) is 51.2 Å². The Morgan fingerprint density at radius 3 is 2.38 bits per heavy atom. The van der Waals surface area contributed by atoms with E-state index in [1.807, 2.05) is 60.7 Å². The molecule has 2 aromatic carbocycles. The fraction of sp³-hybridized carbons (Fsp3) is 0.367. The van der Waals surface area contributed by atoms with E-state index in [4.69, 9.17) is 19.0 Å². The van der Waals surface area contributed by atoms with Gasteiger partial charge in [-0.25, -0.2) is 9.69 Å². The maximum Gasteiger partial charge on any atom is 0.416 e. The third kappa shape index (κ3) is 7.36. The van der Waals surface area contributed by atoms with Crippen molar-refractivity contribution in [1.82, 2.24) is 4.90 Å². The van der Waals surface area contributed by atoms with Gasteiger partial charge >= 0.3 is 12.1 Å². The predicted molar refractivity (Wildman–Crippen MR) is 147 cm³/mol. The molecule has 2 heterocycles. The molecule has 1 aliphatic heterocycles. The smallest absolute Gasteiger partial charge is 0.416 e. The van der Waals surface area contributed by atoms with E-state index in [0.29, 0.717) is 41.7 Å². The molecule has 3 aromatic rings. The molecule has 1 saturated heterocycles. The number of benzene rings is 2. The van der Waals surface area contributed by atoms with E-state index in [2.05, 4.69) is 15.9 Å². The highest BCUT2D eigenvalue weighted by molar-refractivity contribution is 9.10. The highest BCUT2D eigenvalue weighted by Crippen LogP contribution is 2.37. The van der Waals surface area contributed by atoms with Crippen LogP contribution in [0.4, 0.5) is 4.79 Å². The number of aliphatic hydroxyl groups is 1. The Bertz CT molecular complexity index is 1260. The number of rotatable bonds is 12. The maximum absolute atomic E-state index is 14.2. The zero-order chi connectivity index (χ0) is 27.8. The van der Waals surface area contributed by atoms with Crippen molar-refractivity contribution >= 4 is 33.9 Å². The van der Waals surface area contributed by atoms with Crippen LogP contribution in [0.1, 0.15) is 48.5 Å². The third-order valence-electron chi connectivity index (χ3n) is 6.66. The minimum Gasteiger partial charge on any atom is -0.461 e. The lowest BCUT2D eigenvalue weighted by Crippen LogP contribution is -2.46. The number of halogens is 1. The van der Waals surface area contributed by atoms with E-state index >= 15 is 0 Å². The molecule has 0 spiro atoms. The summed E-state index contributed by atoms with van der Waals surface area (Å²) in [5, 5.41) is 9.14. The number of cyclic esters (lactones) is 1. The molecule has 8 nitrogen and oxygen atoms in total. The van der Waals surface area contributed by atoms with Crippen LogP contribution in [0.3, 0.4) is 0 Å². The monoisotopic (exact) mass is 597 g/mol. The van der Waals surface area contributed by atoms with E-state index in [1.54, 1.807) is 6.07 Å². The molecule has 1 aliphatic rings. The lowest BCUT2D eigenvalue weighted by molar-refractivity contribution is -0.155. The largest absolute Gasteiger partial charge is 0.461 e. The van der Waals surface area contributed by atoms with Crippen LogP contribution in [0.5, 0.6) is 0 Å². The summed E-state index contributed by atoms with van der Waals surface area (Å²) in [6, 6.07) is 20.2. The fourth-order valence-electron chi connectivity index (χ4n) is 4.79. The van der Waals surface area contributed by atoms with Gasteiger partial charge in [0.15, 0.2) is 6.10 Å². The Hall–Kier alpha value is -3.43. The molecule has 1 aromatic heterocycles. The lowest BCUT2D eigenvalue weighted by atomic mass is 9.90. The molecule has 4 rings (SSSR count). The van der Waals surface area contributed by atoms with Crippen molar-refractivity contribution in [3.05, 3.63) is 93.9 Å². The van der Waals surface area contributed by atoms with Crippen molar-refractivity contribution in [2.24, 2.45) is 5.92 Å². The summed E-state index contributed by atoms with van der Waals surface area (Å²) in [6.45, 7) is 1.43. The molecule has 3 atom stereocenters. The van der Waals surface area contributed by atoms with E-state index in [0.717, 1.165) is 16.0 Å². The Balaban J connectivity index is 1.70. The van der Waals surface area contributed by atoms with Crippen LogP contribution in [-0.4, -0.2) is 47.2 Å². The Kier molecular flexibility index (Phi) is 9.95. The number of carbonyl (C=O) groups excluding carboxylic acids is 3. The van der Waals surface area contributed by atoms with Gasteiger partial charge in [0.1, 0.15) is 18.1 Å². The molecule has 2 amide bonds. The number of amides is 2. The van der Waals surface area contributed by atoms with Crippen molar-refractivity contribution in [2.75, 3.05) is 13.2 Å². The van der Waals surface area contributed by atoms with Gasteiger partial charge in [0.05, 0.1) is 16.4 Å². The third-order valence-corrected chi connectivity index (χ3v) is 7.33. The van der Waals surface area contributed by atoms with E-state index in [9.17, 15) is 14.4 Å². The van der Waals surface area contributed by atoms with Crippen LogP contribution in [0.2, 0.25) is 0 Å². The molecule has 1 fully saturated rings. The van der Waals surface area contributed by atoms with Gasteiger partial charge in [-0.2, -0.15) is 0 Å². The number of esters is 1. The Morgan fingerprint density at radius 2 is 1.74 bits per heavy atom. The standard InChI is InChI=1S/C30H32BrNO7/c1-20(34)38-28(27-18-25(31)26(39-27)14-8-9-15-33)24(17-22-12-6-3-7-13-22)29(35)32-23(19-37-30(32)36)16-21-10-4-2-5-11-21/h2-7,10-13,18,23-24,28,33H,8-9,14-17,19H2,1H3/t23-,24-,28-/m1/s1. The second-order valence-corrected chi connectivity index (χ2v) is 10.4. The van der Waals surface area contributed by atoms with E-state index < -0.39 is 36.0 Å².